The molecule has 11 heteroatoms. The summed E-state index contributed by atoms with van der Waals surface area (Å²) in [6.07, 6.45) is 3.92. The van der Waals surface area contributed by atoms with E-state index < -0.39 is 22.3 Å². The van der Waals surface area contributed by atoms with Crippen LogP contribution in [0, 0.1) is 15.9 Å². The molecule has 0 atom stereocenters. The zero-order chi connectivity index (χ0) is 18.8. The minimum atomic E-state index is -0.684. The lowest BCUT2D eigenvalue weighted by Gasteiger charge is -2.05. The topological polar surface area (TPSA) is 108 Å². The van der Waals surface area contributed by atoms with Crippen molar-refractivity contribution in [2.24, 2.45) is 7.05 Å². The molecule has 0 radical (unpaired) electrons. The number of nitrogens with zero attached hydrogens (tertiary/aromatic N) is 5. The van der Waals surface area contributed by atoms with Crippen LogP contribution in [0.1, 0.15) is 16.1 Å². The van der Waals surface area contributed by atoms with Gasteiger partial charge in [0.1, 0.15) is 12.0 Å². The highest BCUT2D eigenvalue weighted by Crippen LogP contribution is 2.20. The van der Waals surface area contributed by atoms with Crippen molar-refractivity contribution in [3.63, 3.8) is 0 Å². The van der Waals surface area contributed by atoms with E-state index in [0.29, 0.717) is 11.3 Å². The summed E-state index contributed by atoms with van der Waals surface area (Å²) >= 11 is 5.98. The molecule has 0 aliphatic carbocycles. The van der Waals surface area contributed by atoms with Gasteiger partial charge in [0.25, 0.3) is 5.91 Å². The Morgan fingerprint density at radius 3 is 2.85 bits per heavy atom. The minimum Gasteiger partial charge on any atom is -0.318 e. The van der Waals surface area contributed by atoms with Crippen molar-refractivity contribution >= 4 is 28.9 Å². The van der Waals surface area contributed by atoms with Crippen LogP contribution in [0.25, 0.3) is 0 Å². The number of rotatable bonds is 5. The lowest BCUT2D eigenvalue weighted by Crippen LogP contribution is -2.17. The Hall–Kier alpha value is -3.27. The summed E-state index contributed by atoms with van der Waals surface area (Å²) in [5, 5.41) is 21.6. The van der Waals surface area contributed by atoms with E-state index in [0.717, 1.165) is 10.9 Å². The molecule has 0 saturated carbocycles. The van der Waals surface area contributed by atoms with E-state index in [1.54, 1.807) is 0 Å². The maximum atomic E-state index is 13.1. The Balaban J connectivity index is 1.75. The fourth-order valence-corrected chi connectivity index (χ4v) is 2.58. The van der Waals surface area contributed by atoms with Crippen LogP contribution in [-0.4, -0.2) is 30.4 Å². The number of nitro groups is 1. The predicted octanol–water partition coefficient (Wildman–Crippen LogP) is 2.62. The normalized spacial score (nSPS) is 10.7. The fourth-order valence-electron chi connectivity index (χ4n) is 2.35. The predicted molar refractivity (Wildman–Crippen MR) is 90.6 cm³/mol. The third-order valence-corrected chi connectivity index (χ3v) is 3.92. The second-order valence-electron chi connectivity index (χ2n) is 5.38. The number of hydrogen-bond donors (Lipinski definition) is 1. The average molecular weight is 379 g/mol. The Morgan fingerprint density at radius 2 is 2.15 bits per heavy atom. The van der Waals surface area contributed by atoms with Crippen LogP contribution in [0.15, 0.2) is 36.8 Å². The van der Waals surface area contributed by atoms with E-state index in [-0.39, 0.29) is 17.3 Å². The van der Waals surface area contributed by atoms with E-state index >= 15 is 0 Å². The number of aromatic nitrogens is 4. The molecule has 26 heavy (non-hydrogen) atoms. The third-order valence-electron chi connectivity index (χ3n) is 3.57. The van der Waals surface area contributed by atoms with Crippen molar-refractivity contribution < 1.29 is 14.1 Å². The average Bonchev–Trinajstić information content (AvgIpc) is 3.16. The summed E-state index contributed by atoms with van der Waals surface area (Å²) in [6, 6.07) is 4.02. The number of hydrogen-bond acceptors (Lipinski definition) is 5. The van der Waals surface area contributed by atoms with Gasteiger partial charge in [0.05, 0.1) is 23.4 Å². The SMILES string of the molecule is Cn1ncc([N+](=O)[O-])c1C(=O)Nc1cnn(Cc2ccc(F)cc2Cl)c1. The van der Waals surface area contributed by atoms with Crippen molar-refractivity contribution in [3.05, 3.63) is 69.0 Å². The second kappa shape index (κ2) is 6.92. The molecule has 2 aromatic heterocycles. The van der Waals surface area contributed by atoms with Gasteiger partial charge in [0, 0.05) is 18.3 Å². The van der Waals surface area contributed by atoms with Gasteiger partial charge in [0.15, 0.2) is 0 Å². The maximum absolute atomic E-state index is 13.1. The summed E-state index contributed by atoms with van der Waals surface area (Å²) < 4.78 is 15.7. The zero-order valence-corrected chi connectivity index (χ0v) is 14.1. The summed E-state index contributed by atoms with van der Waals surface area (Å²) in [6.45, 7) is 0.265. The number of anilines is 1. The van der Waals surface area contributed by atoms with Gasteiger partial charge in [-0.25, -0.2) is 4.39 Å². The van der Waals surface area contributed by atoms with Crippen LogP contribution in [0.5, 0.6) is 0 Å². The number of aryl methyl sites for hydroxylation is 1. The highest BCUT2D eigenvalue weighted by Gasteiger charge is 2.25. The van der Waals surface area contributed by atoms with Crippen LogP contribution < -0.4 is 5.32 Å². The number of carbonyl (C=O) groups excluding carboxylic acids is 1. The number of carbonyl (C=O) groups is 1. The van der Waals surface area contributed by atoms with Crippen LogP contribution >= 0.6 is 11.6 Å². The molecule has 134 valence electrons. The Labute approximate surface area is 151 Å². The van der Waals surface area contributed by atoms with Gasteiger partial charge in [-0.3, -0.25) is 24.3 Å². The van der Waals surface area contributed by atoms with Crippen molar-refractivity contribution in [2.45, 2.75) is 6.54 Å². The first-order valence-corrected chi connectivity index (χ1v) is 7.67. The first kappa shape index (κ1) is 17.5. The molecule has 0 aliphatic rings. The second-order valence-corrected chi connectivity index (χ2v) is 5.78. The van der Waals surface area contributed by atoms with Gasteiger partial charge in [-0.15, -0.1) is 0 Å². The molecule has 0 aliphatic heterocycles. The van der Waals surface area contributed by atoms with Crippen molar-refractivity contribution in [2.75, 3.05) is 5.32 Å². The molecule has 1 N–H and O–H groups in total. The van der Waals surface area contributed by atoms with Crippen molar-refractivity contribution in [1.82, 2.24) is 19.6 Å². The van der Waals surface area contributed by atoms with E-state index in [2.05, 4.69) is 15.5 Å². The van der Waals surface area contributed by atoms with E-state index in [9.17, 15) is 19.3 Å². The summed E-state index contributed by atoms with van der Waals surface area (Å²) in [5.41, 5.74) is 0.417. The molecule has 0 saturated heterocycles. The van der Waals surface area contributed by atoms with Gasteiger partial charge in [-0.05, 0) is 17.7 Å². The largest absolute Gasteiger partial charge is 0.320 e. The number of nitrogens with one attached hydrogen (secondary N) is 1. The van der Waals surface area contributed by atoms with Crippen molar-refractivity contribution in [3.8, 4) is 0 Å². The smallest absolute Gasteiger partial charge is 0.318 e. The highest BCUT2D eigenvalue weighted by atomic mass is 35.5. The van der Waals surface area contributed by atoms with Crippen LogP contribution in [0.2, 0.25) is 5.02 Å². The molecular formula is C15H12ClFN6O3. The monoisotopic (exact) mass is 378 g/mol. The molecule has 3 aromatic rings. The number of halogens is 2. The van der Waals surface area contributed by atoms with Gasteiger partial charge < -0.3 is 5.32 Å². The molecule has 3 rings (SSSR count). The van der Waals surface area contributed by atoms with Gasteiger partial charge in [-0.2, -0.15) is 10.2 Å². The molecule has 1 aromatic carbocycles. The Morgan fingerprint density at radius 1 is 1.38 bits per heavy atom. The molecule has 0 unspecified atom stereocenters. The molecular weight excluding hydrogens is 367 g/mol. The van der Waals surface area contributed by atoms with E-state index in [4.69, 9.17) is 11.6 Å². The molecule has 9 nitrogen and oxygen atoms in total. The van der Waals surface area contributed by atoms with E-state index in [1.807, 2.05) is 0 Å². The molecule has 1 amide bonds. The summed E-state index contributed by atoms with van der Waals surface area (Å²) in [4.78, 5) is 22.6. The minimum absolute atomic E-state index is 0.177. The fraction of sp³-hybridized carbons (Fsp3) is 0.133. The molecule has 0 fully saturated rings. The zero-order valence-electron chi connectivity index (χ0n) is 13.4. The van der Waals surface area contributed by atoms with Gasteiger partial charge in [-0.1, -0.05) is 17.7 Å². The molecule has 2 heterocycles. The first-order chi connectivity index (χ1) is 12.3. The maximum Gasteiger partial charge on any atom is 0.320 e. The number of benzene rings is 1. The van der Waals surface area contributed by atoms with E-state index in [1.165, 1.54) is 42.3 Å². The standard InChI is InChI=1S/C15H12ClFN6O3/c1-21-14(13(6-18-21)23(25)26)15(24)20-11-5-19-22(8-11)7-9-2-3-10(17)4-12(9)16/h2-6,8H,7H2,1H3,(H,20,24). The highest BCUT2D eigenvalue weighted by molar-refractivity contribution is 6.31. The number of amides is 1. The van der Waals surface area contributed by atoms with Crippen LogP contribution in [0.4, 0.5) is 15.8 Å². The Kier molecular flexibility index (Phi) is 4.67. The molecule has 0 spiro atoms. The quantitative estimate of drug-likeness (QED) is 0.542. The summed E-state index contributed by atoms with van der Waals surface area (Å²) in [7, 11) is 1.43. The van der Waals surface area contributed by atoms with Crippen LogP contribution in [-0.2, 0) is 13.6 Å². The van der Waals surface area contributed by atoms with Crippen molar-refractivity contribution in [1.29, 1.82) is 0 Å². The lowest BCUT2D eigenvalue weighted by atomic mass is 10.2. The third kappa shape index (κ3) is 3.54. The Bertz CT molecular complexity index is 999. The van der Waals surface area contributed by atoms with Gasteiger partial charge >= 0.3 is 5.69 Å². The van der Waals surface area contributed by atoms with Crippen LogP contribution in [0.3, 0.4) is 0 Å². The lowest BCUT2D eigenvalue weighted by molar-refractivity contribution is -0.385. The summed E-state index contributed by atoms with van der Waals surface area (Å²) in [5.74, 6) is -1.12. The van der Waals surface area contributed by atoms with Gasteiger partial charge in [0.2, 0.25) is 5.69 Å². The molecule has 0 bridgehead atoms. The first-order valence-electron chi connectivity index (χ1n) is 7.29.